The SMILES string of the molecule is CC(C)C(CC(=O)c1ccccn1)NC(=O)NC(C(=O)N1CCCC1C(=O)NC(CC1CC1)C(=O)C(N)=O)C(C)(C)C. The monoisotopic (exact) mass is 584 g/mol. The third-order valence-electron chi connectivity index (χ3n) is 7.85. The summed E-state index contributed by atoms with van der Waals surface area (Å²) in [5.74, 6) is -2.94. The predicted molar refractivity (Wildman–Crippen MR) is 155 cm³/mol. The molecule has 0 radical (unpaired) electrons. The number of nitrogens with two attached hydrogens (primary N) is 1. The molecule has 3 rings (SSSR count). The van der Waals surface area contributed by atoms with Crippen LogP contribution in [0.5, 0.6) is 0 Å². The fraction of sp³-hybridized carbons (Fsp3) is 0.633. The smallest absolute Gasteiger partial charge is 0.315 e. The second-order valence-corrected chi connectivity index (χ2v) is 12.8. The summed E-state index contributed by atoms with van der Waals surface area (Å²) in [7, 11) is 0. The molecular weight excluding hydrogens is 540 g/mol. The molecule has 1 aromatic heterocycles. The average Bonchev–Trinajstić information content (AvgIpc) is 3.60. The summed E-state index contributed by atoms with van der Waals surface area (Å²) in [5.41, 5.74) is 4.80. The fourth-order valence-corrected chi connectivity index (χ4v) is 5.10. The van der Waals surface area contributed by atoms with Crippen molar-refractivity contribution >= 4 is 35.3 Å². The third-order valence-corrected chi connectivity index (χ3v) is 7.85. The zero-order valence-electron chi connectivity index (χ0n) is 25.1. The molecule has 5 N–H and O–H groups in total. The van der Waals surface area contributed by atoms with Gasteiger partial charge in [0.15, 0.2) is 5.78 Å². The number of Topliss-reactive ketones (excluding diaryl/α,β-unsaturated/α-hetero) is 2. The van der Waals surface area contributed by atoms with E-state index in [1.807, 2.05) is 34.6 Å². The van der Waals surface area contributed by atoms with Crippen molar-refractivity contribution in [2.45, 2.75) is 97.3 Å². The number of carbonyl (C=O) groups is 6. The van der Waals surface area contributed by atoms with Crippen LogP contribution in [-0.2, 0) is 19.2 Å². The van der Waals surface area contributed by atoms with E-state index in [-0.39, 0.29) is 24.0 Å². The topological polar surface area (TPSA) is 181 Å². The van der Waals surface area contributed by atoms with Crippen molar-refractivity contribution in [1.29, 1.82) is 0 Å². The zero-order valence-corrected chi connectivity index (χ0v) is 25.1. The Hall–Kier alpha value is -3.83. The highest BCUT2D eigenvalue weighted by Gasteiger charge is 2.43. The number of hydrogen-bond donors (Lipinski definition) is 4. The van der Waals surface area contributed by atoms with Gasteiger partial charge in [-0.2, -0.15) is 0 Å². The van der Waals surface area contributed by atoms with Gasteiger partial charge in [-0.1, -0.05) is 53.5 Å². The molecule has 1 saturated heterocycles. The van der Waals surface area contributed by atoms with E-state index in [1.54, 1.807) is 18.2 Å². The third kappa shape index (κ3) is 8.83. The molecule has 4 atom stereocenters. The lowest BCUT2D eigenvalue weighted by Crippen LogP contribution is -2.60. The van der Waals surface area contributed by atoms with Crippen molar-refractivity contribution in [3.05, 3.63) is 30.1 Å². The molecule has 2 aliphatic rings. The average molecular weight is 585 g/mol. The van der Waals surface area contributed by atoms with Crippen LogP contribution in [0.3, 0.4) is 0 Å². The molecule has 1 saturated carbocycles. The molecule has 42 heavy (non-hydrogen) atoms. The number of rotatable bonds is 13. The van der Waals surface area contributed by atoms with Crippen molar-refractivity contribution < 1.29 is 28.8 Å². The van der Waals surface area contributed by atoms with E-state index in [1.165, 1.54) is 11.1 Å². The highest BCUT2D eigenvalue weighted by atomic mass is 16.2. The molecule has 12 nitrogen and oxygen atoms in total. The Balaban J connectivity index is 1.69. The largest absolute Gasteiger partial charge is 0.363 e. The van der Waals surface area contributed by atoms with Crippen LogP contribution in [-0.4, -0.2) is 75.9 Å². The summed E-state index contributed by atoms with van der Waals surface area (Å²) in [5, 5.41) is 8.29. The van der Waals surface area contributed by atoms with Gasteiger partial charge < -0.3 is 26.6 Å². The van der Waals surface area contributed by atoms with Gasteiger partial charge in [0.05, 0.1) is 6.04 Å². The van der Waals surface area contributed by atoms with Crippen molar-refractivity contribution in [2.75, 3.05) is 6.54 Å². The summed E-state index contributed by atoms with van der Waals surface area (Å²) in [4.78, 5) is 82.5. The van der Waals surface area contributed by atoms with Gasteiger partial charge in [0.25, 0.3) is 5.91 Å². The van der Waals surface area contributed by atoms with Crippen LogP contribution in [0.1, 0.15) is 83.6 Å². The maximum atomic E-state index is 13.8. The van der Waals surface area contributed by atoms with Crippen LogP contribution in [0.4, 0.5) is 4.79 Å². The van der Waals surface area contributed by atoms with Crippen molar-refractivity contribution in [3.8, 4) is 0 Å². The minimum atomic E-state index is -1.11. The van der Waals surface area contributed by atoms with E-state index in [4.69, 9.17) is 5.73 Å². The number of ketones is 2. The molecule has 0 bridgehead atoms. The minimum absolute atomic E-state index is 0.0383. The fourth-order valence-electron chi connectivity index (χ4n) is 5.10. The highest BCUT2D eigenvalue weighted by Crippen LogP contribution is 2.34. The molecule has 1 aliphatic carbocycles. The Morgan fingerprint density at radius 3 is 2.26 bits per heavy atom. The standard InChI is InChI=1S/C30H44N6O6/c1-17(2)20(16-23(37)19-9-6-7-13-32-19)34-29(42)35-25(30(3,4)5)28(41)36-14-8-10-22(36)27(40)33-21(15-18-11-12-18)24(38)26(31)39/h6-7,9,13,17-18,20-22,25H,8,10-12,14-16H2,1-5H3,(H2,31,39)(H,33,40)(H2,34,35,42). The molecule has 2 heterocycles. The number of urea groups is 1. The van der Waals surface area contributed by atoms with Gasteiger partial charge in [0, 0.05) is 25.2 Å². The summed E-state index contributed by atoms with van der Waals surface area (Å²) in [6.45, 7) is 9.50. The lowest BCUT2D eigenvalue weighted by molar-refractivity contribution is -0.143. The quantitative estimate of drug-likeness (QED) is 0.201. The highest BCUT2D eigenvalue weighted by molar-refractivity contribution is 6.37. The molecule has 0 aromatic carbocycles. The number of carbonyl (C=O) groups excluding carboxylic acids is 6. The van der Waals surface area contributed by atoms with Crippen molar-refractivity contribution in [1.82, 2.24) is 25.8 Å². The van der Waals surface area contributed by atoms with Crippen LogP contribution in [0.2, 0.25) is 0 Å². The molecule has 0 spiro atoms. The Kier molecular flexibility index (Phi) is 10.8. The number of primary amides is 1. The first kappa shape index (κ1) is 32.7. The lowest BCUT2D eigenvalue weighted by Gasteiger charge is -2.36. The first-order chi connectivity index (χ1) is 19.7. The Bertz CT molecular complexity index is 1180. The van der Waals surface area contributed by atoms with Gasteiger partial charge >= 0.3 is 6.03 Å². The summed E-state index contributed by atoms with van der Waals surface area (Å²) in [6, 6.07) is 1.08. The number of nitrogens with zero attached hydrogens (tertiary/aromatic N) is 2. The molecule has 4 unspecified atom stereocenters. The normalized spacial score (nSPS) is 19.0. The second kappa shape index (κ2) is 13.9. The summed E-state index contributed by atoms with van der Waals surface area (Å²) in [6.07, 6.45) is 4.69. The van der Waals surface area contributed by atoms with Crippen molar-refractivity contribution in [3.63, 3.8) is 0 Å². The van der Waals surface area contributed by atoms with E-state index in [0.29, 0.717) is 31.5 Å². The Labute approximate surface area is 246 Å². The van der Waals surface area contributed by atoms with Crippen LogP contribution < -0.4 is 21.7 Å². The molecule has 2 fully saturated rings. The number of nitrogens with one attached hydrogen (secondary N) is 3. The van der Waals surface area contributed by atoms with E-state index in [9.17, 15) is 28.8 Å². The molecule has 5 amide bonds. The molecule has 230 valence electrons. The number of likely N-dealkylation sites (tertiary alicyclic amines) is 1. The van der Waals surface area contributed by atoms with Gasteiger partial charge in [0.2, 0.25) is 17.6 Å². The lowest BCUT2D eigenvalue weighted by atomic mass is 9.85. The van der Waals surface area contributed by atoms with Gasteiger partial charge in [-0.15, -0.1) is 0 Å². The van der Waals surface area contributed by atoms with Crippen LogP contribution in [0.15, 0.2) is 24.4 Å². The first-order valence-corrected chi connectivity index (χ1v) is 14.6. The van der Waals surface area contributed by atoms with E-state index >= 15 is 0 Å². The summed E-state index contributed by atoms with van der Waals surface area (Å²) < 4.78 is 0. The minimum Gasteiger partial charge on any atom is -0.363 e. The van der Waals surface area contributed by atoms with Gasteiger partial charge in [0.1, 0.15) is 17.8 Å². The van der Waals surface area contributed by atoms with Gasteiger partial charge in [-0.25, -0.2) is 4.79 Å². The molecule has 1 aliphatic heterocycles. The first-order valence-electron chi connectivity index (χ1n) is 14.6. The van der Waals surface area contributed by atoms with E-state index in [0.717, 1.165) is 12.8 Å². The number of amides is 5. The molecule has 12 heteroatoms. The number of pyridine rings is 1. The van der Waals surface area contributed by atoms with Crippen LogP contribution >= 0.6 is 0 Å². The van der Waals surface area contributed by atoms with Gasteiger partial charge in [-0.3, -0.25) is 29.0 Å². The number of hydrogen-bond acceptors (Lipinski definition) is 7. The van der Waals surface area contributed by atoms with Gasteiger partial charge in [-0.05, 0) is 48.6 Å². The van der Waals surface area contributed by atoms with Crippen LogP contribution in [0, 0.1) is 17.3 Å². The maximum absolute atomic E-state index is 13.8. The predicted octanol–water partition coefficient (Wildman–Crippen LogP) is 1.72. The Morgan fingerprint density at radius 1 is 1.02 bits per heavy atom. The molecule has 1 aromatic rings. The Morgan fingerprint density at radius 2 is 1.71 bits per heavy atom. The maximum Gasteiger partial charge on any atom is 0.315 e. The second-order valence-electron chi connectivity index (χ2n) is 12.8. The van der Waals surface area contributed by atoms with E-state index < -0.39 is 59.1 Å². The van der Waals surface area contributed by atoms with E-state index in [2.05, 4.69) is 20.9 Å². The molecular formula is C30H44N6O6. The summed E-state index contributed by atoms with van der Waals surface area (Å²) >= 11 is 0. The number of aromatic nitrogens is 1. The van der Waals surface area contributed by atoms with Crippen molar-refractivity contribution in [2.24, 2.45) is 23.0 Å². The zero-order chi connectivity index (χ0) is 31.2. The van der Waals surface area contributed by atoms with Crippen LogP contribution in [0.25, 0.3) is 0 Å².